The smallest absolute Gasteiger partial charge is 0.308 e. The first-order chi connectivity index (χ1) is 6.93. The number of nitrogens with zero attached hydrogens (tertiary/aromatic N) is 1. The lowest BCUT2D eigenvalue weighted by Crippen LogP contribution is -2.29. The Morgan fingerprint density at radius 2 is 2.13 bits per heavy atom. The van der Waals surface area contributed by atoms with Gasteiger partial charge in [0.2, 0.25) is 0 Å². The van der Waals surface area contributed by atoms with Gasteiger partial charge in [-0.2, -0.15) is 0 Å². The highest BCUT2D eigenvalue weighted by Gasteiger charge is 2.28. The molecular formula is C10H14ClNO2S. The van der Waals surface area contributed by atoms with Crippen molar-refractivity contribution in [1.82, 2.24) is 4.90 Å². The molecule has 0 amide bonds. The Kier molecular flexibility index (Phi) is 4.13. The van der Waals surface area contributed by atoms with Crippen LogP contribution < -0.4 is 0 Å². The summed E-state index contributed by atoms with van der Waals surface area (Å²) < 4.78 is 0.689. The van der Waals surface area contributed by atoms with E-state index in [2.05, 4.69) is 0 Å². The van der Waals surface area contributed by atoms with Crippen LogP contribution in [0.1, 0.15) is 17.8 Å². The molecule has 1 heterocycles. The van der Waals surface area contributed by atoms with Crippen molar-refractivity contribution < 1.29 is 9.90 Å². The standard InChI is InChI=1S/C10H14ClNO2S/c1-6(10(13)14)9(12(2)3)7-4-5-8(11)15-7/h4-6,9H,1-3H3,(H,13,14). The Morgan fingerprint density at radius 3 is 2.47 bits per heavy atom. The van der Waals surface area contributed by atoms with E-state index in [1.54, 1.807) is 13.0 Å². The molecule has 1 aromatic rings. The summed E-state index contributed by atoms with van der Waals surface area (Å²) in [5.41, 5.74) is 0. The van der Waals surface area contributed by atoms with Gasteiger partial charge in [-0.05, 0) is 26.2 Å². The third kappa shape index (κ3) is 2.93. The molecule has 0 spiro atoms. The Hall–Kier alpha value is -0.580. The van der Waals surface area contributed by atoms with Crippen molar-refractivity contribution in [3.63, 3.8) is 0 Å². The number of hydrogen-bond donors (Lipinski definition) is 1. The van der Waals surface area contributed by atoms with Crippen molar-refractivity contribution in [1.29, 1.82) is 0 Å². The van der Waals surface area contributed by atoms with Gasteiger partial charge in [0.15, 0.2) is 0 Å². The Bertz CT molecular complexity index is 351. The van der Waals surface area contributed by atoms with Crippen LogP contribution in [-0.4, -0.2) is 30.1 Å². The van der Waals surface area contributed by atoms with Gasteiger partial charge < -0.3 is 10.0 Å². The molecule has 0 aromatic carbocycles. The fourth-order valence-electron chi connectivity index (χ4n) is 1.57. The van der Waals surface area contributed by atoms with Gasteiger partial charge in [0.05, 0.1) is 16.3 Å². The van der Waals surface area contributed by atoms with Crippen LogP contribution in [0.25, 0.3) is 0 Å². The van der Waals surface area contributed by atoms with Crippen LogP contribution in [0, 0.1) is 5.92 Å². The summed E-state index contributed by atoms with van der Waals surface area (Å²) in [4.78, 5) is 13.9. The molecule has 1 aromatic heterocycles. The molecule has 0 aliphatic heterocycles. The summed E-state index contributed by atoms with van der Waals surface area (Å²) in [6, 6.07) is 3.56. The first-order valence-corrected chi connectivity index (χ1v) is 5.77. The average Bonchev–Trinajstić information content (AvgIpc) is 2.51. The molecule has 1 N–H and O–H groups in total. The van der Waals surface area contributed by atoms with E-state index < -0.39 is 11.9 Å². The molecule has 0 radical (unpaired) electrons. The van der Waals surface area contributed by atoms with Gasteiger partial charge in [-0.15, -0.1) is 11.3 Å². The summed E-state index contributed by atoms with van der Waals surface area (Å²) in [6.45, 7) is 1.71. The first kappa shape index (κ1) is 12.5. The van der Waals surface area contributed by atoms with Gasteiger partial charge >= 0.3 is 5.97 Å². The SMILES string of the molecule is CC(C(=O)O)C(c1ccc(Cl)s1)N(C)C. The number of rotatable bonds is 4. The zero-order valence-corrected chi connectivity index (χ0v) is 10.5. The predicted octanol–water partition coefficient (Wildman–Crippen LogP) is 2.72. The number of carboxylic acids is 1. The van der Waals surface area contributed by atoms with E-state index in [1.165, 1.54) is 11.3 Å². The van der Waals surface area contributed by atoms with E-state index in [0.717, 1.165) is 4.88 Å². The number of aliphatic carboxylic acids is 1. The van der Waals surface area contributed by atoms with Crippen LogP contribution in [0.2, 0.25) is 4.34 Å². The molecule has 0 bridgehead atoms. The van der Waals surface area contributed by atoms with Gasteiger partial charge in [-0.1, -0.05) is 18.5 Å². The number of carbonyl (C=O) groups is 1. The van der Waals surface area contributed by atoms with Crippen LogP contribution in [0.5, 0.6) is 0 Å². The summed E-state index contributed by atoms with van der Waals surface area (Å²) >= 11 is 7.28. The van der Waals surface area contributed by atoms with E-state index in [1.807, 2.05) is 25.1 Å². The lowest BCUT2D eigenvalue weighted by molar-refractivity contribution is -0.143. The summed E-state index contributed by atoms with van der Waals surface area (Å²) in [7, 11) is 3.75. The minimum absolute atomic E-state index is 0.125. The molecule has 3 nitrogen and oxygen atoms in total. The van der Waals surface area contributed by atoms with Crippen molar-refractivity contribution in [2.45, 2.75) is 13.0 Å². The predicted molar refractivity (Wildman–Crippen MR) is 62.6 cm³/mol. The Labute approximate surface area is 98.3 Å². The molecule has 84 valence electrons. The largest absolute Gasteiger partial charge is 0.481 e. The molecule has 0 aliphatic carbocycles. The maximum absolute atomic E-state index is 11.0. The Morgan fingerprint density at radius 1 is 1.53 bits per heavy atom. The zero-order chi connectivity index (χ0) is 11.6. The monoisotopic (exact) mass is 247 g/mol. The Balaban J connectivity index is 2.98. The van der Waals surface area contributed by atoms with Gasteiger partial charge in [0, 0.05) is 4.88 Å². The van der Waals surface area contributed by atoms with Gasteiger partial charge in [0.1, 0.15) is 0 Å². The first-order valence-electron chi connectivity index (χ1n) is 4.58. The van der Waals surface area contributed by atoms with E-state index in [-0.39, 0.29) is 6.04 Å². The molecule has 2 atom stereocenters. The normalized spacial score (nSPS) is 15.3. The van der Waals surface area contributed by atoms with Crippen LogP contribution in [0.4, 0.5) is 0 Å². The lowest BCUT2D eigenvalue weighted by Gasteiger charge is -2.26. The quantitative estimate of drug-likeness (QED) is 0.890. The molecule has 0 aliphatic rings. The molecule has 0 saturated carbocycles. The van der Waals surface area contributed by atoms with Crippen molar-refractivity contribution >= 4 is 28.9 Å². The summed E-state index contributed by atoms with van der Waals surface area (Å²) in [5.74, 6) is -1.24. The maximum Gasteiger partial charge on any atom is 0.308 e. The van der Waals surface area contributed by atoms with E-state index in [0.29, 0.717) is 4.34 Å². The van der Waals surface area contributed by atoms with Crippen molar-refractivity contribution in [2.75, 3.05) is 14.1 Å². The van der Waals surface area contributed by atoms with Gasteiger partial charge in [-0.3, -0.25) is 4.79 Å². The fraction of sp³-hybridized carbons (Fsp3) is 0.500. The number of carboxylic acid groups (broad SMARTS) is 1. The van der Waals surface area contributed by atoms with Crippen LogP contribution in [0.15, 0.2) is 12.1 Å². The van der Waals surface area contributed by atoms with E-state index in [4.69, 9.17) is 16.7 Å². The second-order valence-corrected chi connectivity index (χ2v) is 5.42. The minimum atomic E-state index is -0.793. The van der Waals surface area contributed by atoms with Crippen LogP contribution in [0.3, 0.4) is 0 Å². The van der Waals surface area contributed by atoms with E-state index in [9.17, 15) is 4.79 Å². The molecule has 15 heavy (non-hydrogen) atoms. The molecule has 0 fully saturated rings. The highest BCUT2D eigenvalue weighted by atomic mass is 35.5. The van der Waals surface area contributed by atoms with Gasteiger partial charge in [0.25, 0.3) is 0 Å². The maximum atomic E-state index is 11.0. The number of thiophene rings is 1. The molecule has 1 rings (SSSR count). The molecule has 5 heteroatoms. The summed E-state index contributed by atoms with van der Waals surface area (Å²) in [6.07, 6.45) is 0. The fourth-order valence-corrected chi connectivity index (χ4v) is 2.93. The van der Waals surface area contributed by atoms with Crippen LogP contribution in [-0.2, 0) is 4.79 Å². The second kappa shape index (κ2) is 4.96. The molecule has 0 saturated heterocycles. The third-order valence-electron chi connectivity index (χ3n) is 2.30. The topological polar surface area (TPSA) is 40.5 Å². The average molecular weight is 248 g/mol. The third-order valence-corrected chi connectivity index (χ3v) is 3.61. The highest BCUT2D eigenvalue weighted by Crippen LogP contribution is 2.34. The second-order valence-electron chi connectivity index (χ2n) is 3.68. The van der Waals surface area contributed by atoms with E-state index >= 15 is 0 Å². The summed E-state index contributed by atoms with van der Waals surface area (Å²) in [5, 5.41) is 9.01. The highest BCUT2D eigenvalue weighted by molar-refractivity contribution is 7.16. The molecular weight excluding hydrogens is 234 g/mol. The minimum Gasteiger partial charge on any atom is -0.481 e. The zero-order valence-electron chi connectivity index (χ0n) is 8.90. The van der Waals surface area contributed by atoms with Crippen molar-refractivity contribution in [3.8, 4) is 0 Å². The van der Waals surface area contributed by atoms with Gasteiger partial charge in [-0.25, -0.2) is 0 Å². The lowest BCUT2D eigenvalue weighted by atomic mass is 10.00. The number of hydrogen-bond acceptors (Lipinski definition) is 3. The molecule has 2 unspecified atom stereocenters. The van der Waals surface area contributed by atoms with Crippen molar-refractivity contribution in [2.24, 2.45) is 5.92 Å². The van der Waals surface area contributed by atoms with Crippen LogP contribution >= 0.6 is 22.9 Å². The van der Waals surface area contributed by atoms with Crippen molar-refractivity contribution in [3.05, 3.63) is 21.3 Å². The number of halogens is 1.